The first-order chi connectivity index (χ1) is 53.6. The van der Waals surface area contributed by atoms with E-state index in [1.54, 1.807) is 99.6 Å². The average molecular weight is 1600 g/mol. The Bertz CT molecular complexity index is 4610. The van der Waals surface area contributed by atoms with Gasteiger partial charge in [-0.1, -0.05) is 120 Å². The van der Waals surface area contributed by atoms with Crippen molar-refractivity contribution in [3.05, 3.63) is 170 Å². The molecule has 0 spiro atoms. The smallest absolute Gasteiger partial charge is 0.507 e. The van der Waals surface area contributed by atoms with Crippen LogP contribution in [-0.2, 0) is 77.8 Å². The Morgan fingerprint density at radius 1 is 0.735 bits per heavy atom. The van der Waals surface area contributed by atoms with Crippen LogP contribution in [0.4, 0.5) is 4.79 Å². The van der Waals surface area contributed by atoms with Gasteiger partial charge in [-0.25, -0.2) is 9.59 Å². The Morgan fingerprint density at radius 2 is 1.37 bits per heavy atom. The van der Waals surface area contributed by atoms with Crippen LogP contribution in [0.5, 0.6) is 17.2 Å². The van der Waals surface area contributed by atoms with Crippen molar-refractivity contribution in [3.63, 3.8) is 0 Å². The molecular weight excluding hydrogens is 1510 g/mol. The average Bonchev–Trinajstić information content (AvgIpc) is 0.665. The number of esters is 4. The second kappa shape index (κ2) is 33.2. The van der Waals surface area contributed by atoms with Gasteiger partial charge in [0.05, 0.1) is 78.1 Å². The molecule has 2 bridgehead atoms. The number of aromatic hydroxyl groups is 2. The minimum atomic E-state index is -2.47. The highest BCUT2D eigenvalue weighted by Crippen LogP contribution is 2.66. The zero-order valence-electron chi connectivity index (χ0n) is 63.1. The second-order valence-electron chi connectivity index (χ2n) is 30.3. The van der Waals surface area contributed by atoms with Crippen LogP contribution in [0.3, 0.4) is 0 Å². The number of nitrogens with one attached hydrogen (secondary N) is 1. The van der Waals surface area contributed by atoms with E-state index in [0.29, 0.717) is 5.56 Å². The van der Waals surface area contributed by atoms with Gasteiger partial charge in [0, 0.05) is 91.0 Å². The van der Waals surface area contributed by atoms with Gasteiger partial charge in [-0.05, 0) is 74.6 Å². The van der Waals surface area contributed by atoms with E-state index in [1.165, 1.54) is 72.9 Å². The topological polar surface area (TPSA) is 434 Å². The lowest BCUT2D eigenvalue weighted by Crippen LogP contribution is -2.82. The predicted octanol–water partition coefficient (Wildman–Crippen LogP) is 7.18. The Labute approximate surface area is 657 Å². The van der Waals surface area contributed by atoms with Crippen molar-refractivity contribution in [2.24, 2.45) is 28.6 Å². The van der Waals surface area contributed by atoms with Gasteiger partial charge < -0.3 is 88.4 Å². The SMILES string of the molecule is COc1cccc2c1C(=O)c1c(O)c3c(c(O)c1C2=O)CC(O)(C(=O)CO)C[C@@H]3OC1CC(CC(=O)OCCSSCCOC(=O)O[C@H]2C[C@H]3OC[C@@]3(OC(C)=O)[C@H]3[C@H](OC(=O)c4ccccc4)[C@]4(O)CC(CC(=O)[C@H](O)[C@@H](NC(=O)c5ccccc5)c5ccccc5)C(C)=C([C@@H](OC(C)=O)C(=O)[C@]23C)C4(C)C)C(O)C(C)O1. The first-order valence-corrected chi connectivity index (χ1v) is 39.4. The summed E-state index contributed by atoms with van der Waals surface area (Å²) in [7, 11) is 3.71. The summed E-state index contributed by atoms with van der Waals surface area (Å²) in [6.45, 7) is 7.69. The number of fused-ring (bicyclic) bond motifs is 8. The number of ether oxygens (including phenoxy) is 10. The van der Waals surface area contributed by atoms with Crippen molar-refractivity contribution in [1.29, 1.82) is 0 Å². The summed E-state index contributed by atoms with van der Waals surface area (Å²) < 4.78 is 60.3. The molecule has 4 fully saturated rings. The summed E-state index contributed by atoms with van der Waals surface area (Å²) in [5.74, 6) is -13.9. The van der Waals surface area contributed by atoms with Crippen molar-refractivity contribution in [3.8, 4) is 17.2 Å². The highest BCUT2D eigenvalue weighted by molar-refractivity contribution is 8.76. The molecule has 5 aliphatic carbocycles. The van der Waals surface area contributed by atoms with E-state index >= 15 is 4.79 Å². The van der Waals surface area contributed by atoms with Crippen LogP contribution in [0.15, 0.2) is 120 Å². The molecule has 8 N–H and O–H groups in total. The molecule has 2 aliphatic heterocycles. The summed E-state index contributed by atoms with van der Waals surface area (Å²) in [5, 5.41) is 86.2. The third kappa shape index (κ3) is 15.5. The zero-order chi connectivity index (χ0) is 81.6. The molecule has 12 rings (SSSR count). The molecule has 17 atom stereocenters. The number of benzene rings is 5. The van der Waals surface area contributed by atoms with Crippen LogP contribution in [0.25, 0.3) is 0 Å². The third-order valence-electron chi connectivity index (χ3n) is 23.4. The molecule has 0 radical (unpaired) electrons. The lowest BCUT2D eigenvalue weighted by Gasteiger charge is -2.67. The fourth-order valence-electron chi connectivity index (χ4n) is 17.7. The molecule has 2 saturated heterocycles. The monoisotopic (exact) mass is 1600 g/mol. The number of aliphatic hydroxyl groups excluding tert-OH is 3. The van der Waals surface area contributed by atoms with E-state index < -0.39 is 233 Å². The first-order valence-electron chi connectivity index (χ1n) is 37.0. The highest BCUT2D eigenvalue weighted by atomic mass is 33.1. The van der Waals surface area contributed by atoms with E-state index in [9.17, 15) is 83.7 Å². The molecule has 5 aromatic rings. The summed E-state index contributed by atoms with van der Waals surface area (Å²) in [5.41, 5.74) is -12.1. The number of aliphatic hydroxyl groups is 5. The number of phenolic OH excluding ortho intramolecular Hbond substituents is 2. The van der Waals surface area contributed by atoms with Crippen LogP contribution in [0.1, 0.15) is 168 Å². The van der Waals surface area contributed by atoms with Gasteiger partial charge in [-0.2, -0.15) is 0 Å². The van der Waals surface area contributed by atoms with Crippen molar-refractivity contribution in [2.45, 2.75) is 171 Å². The van der Waals surface area contributed by atoms with Crippen molar-refractivity contribution >= 4 is 86.4 Å². The number of rotatable bonds is 26. The number of carbonyl (C=O) groups is 11. The fourth-order valence-corrected chi connectivity index (χ4v) is 19.3. The number of methoxy groups -OCH3 is 1. The standard InChI is InChI=1S/C82H89NO28S2/c1-40-48(31-51(87)68(93)64(44-19-12-9-13-20-44)83-75(97)45-21-14-10-15-22-45)35-82(101)74(110-76(98)46-23-16-11-17-24-46)72-79(7,73(96)71(107-42(3)85)63(40)78(82,5)6)55(34-56-81(72,39-105-56)111-43(4)86)109-77(99)104-28-30-113-112-29-27-103-57(89)32-47-33-58(106-41(2)65(47)90)108-53-37-80(100,54(88)38-84)36-50-60(53)70(95)62-61(67(50)92)66(91)49-25-18-26-52(102-8)59(49)69(62)94/h9-26,41,47-48,53,55-56,58,64-65,68,71-72,74,84,90,92-93,95,100-101H,27-39H2,1-8H3,(H,83,97)/t41?,47?,48?,53-,55-,56+,58?,64-,65?,68-,71+,72-,74-,79+,80?,81-,82+/m0/s1. The van der Waals surface area contributed by atoms with Gasteiger partial charge in [0.2, 0.25) is 5.78 Å². The molecule has 29 nitrogen and oxygen atoms in total. The van der Waals surface area contributed by atoms with Crippen LogP contribution in [0, 0.1) is 28.6 Å². The molecular formula is C82H89NO28S2. The first kappa shape index (κ1) is 83.0. The molecule has 6 unspecified atom stereocenters. The van der Waals surface area contributed by atoms with Crippen LogP contribution in [0.2, 0.25) is 0 Å². The van der Waals surface area contributed by atoms with E-state index in [-0.39, 0.29) is 94.3 Å². The molecule has 2 saturated carbocycles. The molecule has 5 aromatic carbocycles. The number of carbonyl (C=O) groups excluding carboxylic acids is 11. The number of allylic oxidation sites excluding steroid dienone is 1. The van der Waals surface area contributed by atoms with Gasteiger partial charge in [0.15, 0.2) is 41.1 Å². The highest BCUT2D eigenvalue weighted by Gasteiger charge is 2.79. The number of hydrogen-bond acceptors (Lipinski definition) is 30. The molecule has 1 amide bonds. The normalized spacial score (nSPS) is 29.1. The van der Waals surface area contributed by atoms with E-state index in [0.717, 1.165) is 13.8 Å². The van der Waals surface area contributed by atoms with Crippen LogP contribution < -0.4 is 10.1 Å². The third-order valence-corrected chi connectivity index (χ3v) is 25.7. The predicted molar refractivity (Wildman–Crippen MR) is 399 cm³/mol. The van der Waals surface area contributed by atoms with E-state index in [4.69, 9.17) is 47.4 Å². The molecule has 7 aliphatic rings. The summed E-state index contributed by atoms with van der Waals surface area (Å²) in [6, 6.07) is 27.0. The van der Waals surface area contributed by atoms with Crippen molar-refractivity contribution in [1.82, 2.24) is 5.32 Å². The number of phenols is 2. The van der Waals surface area contributed by atoms with Crippen molar-refractivity contribution < 1.29 is 136 Å². The Hall–Kier alpha value is -9.41. The zero-order valence-corrected chi connectivity index (χ0v) is 64.7. The number of Topliss-reactive ketones (excluding diaryl/α,β-unsaturated/α-hetero) is 3. The molecule has 113 heavy (non-hydrogen) atoms. The maximum absolute atomic E-state index is 16.5. The van der Waals surface area contributed by atoms with E-state index in [1.807, 2.05) is 0 Å². The summed E-state index contributed by atoms with van der Waals surface area (Å²) in [6.07, 6.45) is -18.5. The van der Waals surface area contributed by atoms with Crippen LogP contribution in [-0.4, -0.2) is 211 Å². The maximum atomic E-state index is 16.5. The van der Waals surface area contributed by atoms with E-state index in [2.05, 4.69) is 5.32 Å². The second-order valence-corrected chi connectivity index (χ2v) is 33.0. The summed E-state index contributed by atoms with van der Waals surface area (Å²) in [4.78, 5) is 157. The van der Waals surface area contributed by atoms with Gasteiger partial charge in [-0.3, -0.25) is 43.2 Å². The van der Waals surface area contributed by atoms with Crippen molar-refractivity contribution in [2.75, 3.05) is 45.0 Å². The number of ketones is 5. The van der Waals surface area contributed by atoms with Gasteiger partial charge >= 0.3 is 30.0 Å². The Kier molecular flexibility index (Phi) is 24.4. The molecule has 31 heteroatoms. The summed E-state index contributed by atoms with van der Waals surface area (Å²) >= 11 is 0. The molecule has 2 heterocycles. The fraction of sp³-hybridized carbons (Fsp3) is 0.476. The lowest BCUT2D eigenvalue weighted by atomic mass is 9.44. The van der Waals surface area contributed by atoms with Gasteiger partial charge in [0.25, 0.3) is 5.91 Å². The molecule has 602 valence electrons. The van der Waals surface area contributed by atoms with Crippen LogP contribution >= 0.6 is 21.6 Å². The quantitative estimate of drug-likeness (QED) is 0.00665. The van der Waals surface area contributed by atoms with Gasteiger partial charge in [-0.15, -0.1) is 0 Å². The minimum absolute atomic E-state index is 0.00715. The Balaban J connectivity index is 0.730. The lowest BCUT2D eigenvalue weighted by molar-refractivity contribution is -0.345. The minimum Gasteiger partial charge on any atom is -0.507 e. The number of amides is 1. The maximum Gasteiger partial charge on any atom is 0.508 e. The van der Waals surface area contributed by atoms with Gasteiger partial charge in [0.1, 0.15) is 72.7 Å². The number of hydrogen-bond donors (Lipinski definition) is 8. The Morgan fingerprint density at radius 3 is 1.99 bits per heavy atom. The largest absolute Gasteiger partial charge is 0.508 e. The molecule has 0 aromatic heterocycles.